The van der Waals surface area contributed by atoms with Crippen molar-refractivity contribution in [2.75, 3.05) is 33.1 Å². The number of aliphatic carboxylic acids is 1. The molecule has 7 heteroatoms. The molecule has 0 aromatic carbocycles. The van der Waals surface area contributed by atoms with Gasteiger partial charge in [0.25, 0.3) is 0 Å². The van der Waals surface area contributed by atoms with E-state index in [1.165, 1.54) is 0 Å². The summed E-state index contributed by atoms with van der Waals surface area (Å²) < 4.78 is 0. The lowest BCUT2D eigenvalue weighted by atomic mass is 9.83. The van der Waals surface area contributed by atoms with Gasteiger partial charge in [0, 0.05) is 12.5 Å². The lowest BCUT2D eigenvalue weighted by molar-refractivity contribution is -0.169. The summed E-state index contributed by atoms with van der Waals surface area (Å²) in [6.45, 7) is -0.529. The molecular formula is C10H21NO6. The lowest BCUT2D eigenvalue weighted by Crippen LogP contribution is -2.64. The van der Waals surface area contributed by atoms with Crippen LogP contribution >= 0.6 is 0 Å². The van der Waals surface area contributed by atoms with Crippen molar-refractivity contribution in [3.8, 4) is 0 Å². The average molecular weight is 251 g/mol. The Bertz CT molecular complexity index is 233. The zero-order chi connectivity index (χ0) is 13.5. The lowest BCUT2D eigenvalue weighted by Gasteiger charge is -2.42. The molecule has 0 saturated heterocycles. The van der Waals surface area contributed by atoms with E-state index in [-0.39, 0.29) is 6.54 Å². The van der Waals surface area contributed by atoms with Crippen LogP contribution in [0.15, 0.2) is 0 Å². The Labute approximate surface area is 99.9 Å². The molecule has 0 rings (SSSR count). The van der Waals surface area contributed by atoms with Gasteiger partial charge in [-0.2, -0.15) is 0 Å². The van der Waals surface area contributed by atoms with E-state index in [0.29, 0.717) is 6.42 Å². The molecule has 102 valence electrons. The zero-order valence-electron chi connectivity index (χ0n) is 9.91. The fraction of sp³-hybridized carbons (Fsp3) is 0.900. The van der Waals surface area contributed by atoms with E-state index in [1.54, 1.807) is 6.92 Å². The van der Waals surface area contributed by atoms with Crippen molar-refractivity contribution < 1.29 is 30.3 Å². The van der Waals surface area contributed by atoms with Crippen molar-refractivity contribution in [2.24, 2.45) is 5.92 Å². The maximum atomic E-state index is 11.4. The summed E-state index contributed by atoms with van der Waals surface area (Å²) in [5.41, 5.74) is -1.87. The van der Waals surface area contributed by atoms with Gasteiger partial charge < -0.3 is 25.5 Å². The third kappa shape index (κ3) is 3.14. The maximum Gasteiger partial charge on any atom is 0.327 e. The molecule has 0 aromatic rings. The first-order valence-electron chi connectivity index (χ1n) is 5.46. The van der Waals surface area contributed by atoms with E-state index in [9.17, 15) is 20.1 Å². The van der Waals surface area contributed by atoms with Gasteiger partial charge >= 0.3 is 5.97 Å². The largest absolute Gasteiger partial charge is 0.480 e. The van der Waals surface area contributed by atoms with Crippen LogP contribution in [-0.2, 0) is 4.79 Å². The average Bonchev–Trinajstić information content (AvgIpc) is 2.33. The number of carboxylic acids is 1. The number of carbonyl (C=O) groups is 1. The van der Waals surface area contributed by atoms with Gasteiger partial charge in [-0.15, -0.1) is 0 Å². The molecule has 0 spiro atoms. The Morgan fingerprint density at radius 2 is 1.76 bits per heavy atom. The highest BCUT2D eigenvalue weighted by molar-refractivity contribution is 5.79. The van der Waals surface area contributed by atoms with Crippen molar-refractivity contribution in [1.29, 1.82) is 0 Å². The molecule has 0 amide bonds. The highest BCUT2D eigenvalue weighted by Gasteiger charge is 2.49. The van der Waals surface area contributed by atoms with E-state index in [0.717, 1.165) is 4.90 Å². The van der Waals surface area contributed by atoms with Crippen LogP contribution in [0.25, 0.3) is 0 Å². The van der Waals surface area contributed by atoms with Gasteiger partial charge in [-0.1, -0.05) is 6.92 Å². The van der Waals surface area contributed by atoms with Gasteiger partial charge in [-0.3, -0.25) is 9.69 Å². The number of aliphatic hydroxyl groups excluding tert-OH is 4. The van der Waals surface area contributed by atoms with E-state index in [4.69, 9.17) is 10.2 Å². The summed E-state index contributed by atoms with van der Waals surface area (Å²) in [5, 5.41) is 46.0. The second-order valence-corrected chi connectivity index (χ2v) is 3.85. The van der Waals surface area contributed by atoms with Gasteiger partial charge in [0.2, 0.25) is 0 Å². The third-order valence-corrected chi connectivity index (χ3v) is 2.96. The predicted octanol–water partition coefficient (Wildman–Crippen LogP) is -1.94. The number of hydrogen-bond acceptors (Lipinski definition) is 6. The minimum Gasteiger partial charge on any atom is -0.480 e. The molecule has 0 fully saturated rings. The molecule has 0 aliphatic heterocycles. The molecule has 0 radical (unpaired) electrons. The Morgan fingerprint density at radius 3 is 2.00 bits per heavy atom. The maximum absolute atomic E-state index is 11.4. The number of hydrogen-bond donors (Lipinski definition) is 5. The second kappa shape index (κ2) is 7.57. The monoisotopic (exact) mass is 251 g/mol. The summed E-state index contributed by atoms with van der Waals surface area (Å²) >= 11 is 0. The van der Waals surface area contributed by atoms with Crippen LogP contribution in [-0.4, -0.2) is 75.0 Å². The van der Waals surface area contributed by atoms with Gasteiger partial charge in [0.15, 0.2) is 5.54 Å². The summed E-state index contributed by atoms with van der Waals surface area (Å²) in [6, 6.07) is 0. The molecule has 17 heavy (non-hydrogen) atoms. The number of nitrogens with zero attached hydrogens (tertiary/aromatic N) is 1. The molecular weight excluding hydrogens is 230 g/mol. The van der Waals surface area contributed by atoms with Gasteiger partial charge in [-0.05, 0) is 6.42 Å². The van der Waals surface area contributed by atoms with Crippen LogP contribution in [0.1, 0.15) is 13.3 Å². The van der Waals surface area contributed by atoms with Crippen molar-refractivity contribution in [2.45, 2.75) is 18.9 Å². The summed E-state index contributed by atoms with van der Waals surface area (Å²) in [6.07, 6.45) is 0.569. The van der Waals surface area contributed by atoms with Crippen molar-refractivity contribution >= 4 is 5.97 Å². The number of aliphatic hydroxyl groups is 4. The molecule has 7 nitrogen and oxygen atoms in total. The zero-order valence-corrected chi connectivity index (χ0v) is 9.91. The SMILES string of the molecule is CCCN(CO)[C@](CO)(C(=O)O)C(CO)CO. The van der Waals surface area contributed by atoms with Crippen molar-refractivity contribution in [3.05, 3.63) is 0 Å². The highest BCUT2D eigenvalue weighted by atomic mass is 16.4. The minimum absolute atomic E-state index is 0.236. The van der Waals surface area contributed by atoms with Crippen molar-refractivity contribution in [3.63, 3.8) is 0 Å². The third-order valence-electron chi connectivity index (χ3n) is 2.96. The molecule has 0 unspecified atom stereocenters. The normalized spacial score (nSPS) is 15.2. The Hall–Kier alpha value is -0.730. The van der Waals surface area contributed by atoms with Gasteiger partial charge in [0.05, 0.1) is 26.6 Å². The van der Waals surface area contributed by atoms with E-state index < -0.39 is 44.0 Å². The van der Waals surface area contributed by atoms with E-state index in [1.807, 2.05) is 0 Å². The predicted molar refractivity (Wildman–Crippen MR) is 59.2 cm³/mol. The van der Waals surface area contributed by atoms with Gasteiger partial charge in [-0.25, -0.2) is 0 Å². The number of rotatable bonds is 9. The van der Waals surface area contributed by atoms with Gasteiger partial charge in [0.1, 0.15) is 0 Å². The van der Waals surface area contributed by atoms with Crippen LogP contribution in [0.2, 0.25) is 0 Å². The molecule has 0 aromatic heterocycles. The first-order chi connectivity index (χ1) is 8.04. The topological polar surface area (TPSA) is 121 Å². The molecule has 0 saturated carbocycles. The summed E-state index contributed by atoms with van der Waals surface area (Å²) in [5.74, 6) is -2.45. The van der Waals surface area contributed by atoms with Crippen LogP contribution in [0.3, 0.4) is 0 Å². The molecule has 0 aliphatic carbocycles. The Kier molecular flexibility index (Phi) is 7.24. The standard InChI is InChI=1S/C10H21NO6/c1-2-3-11(7-15)10(6-14,9(16)17)8(4-12)5-13/h8,12-15H,2-7H2,1H3,(H,16,17)/t10-/m0/s1. The molecule has 0 aliphatic rings. The quantitative estimate of drug-likeness (QED) is 0.302. The first kappa shape index (κ1) is 16.3. The number of carboxylic acid groups (broad SMARTS) is 1. The minimum atomic E-state index is -1.87. The molecule has 0 heterocycles. The highest BCUT2D eigenvalue weighted by Crippen LogP contribution is 2.25. The van der Waals surface area contributed by atoms with Crippen molar-refractivity contribution in [1.82, 2.24) is 4.90 Å². The molecule has 1 atom stereocenters. The van der Waals surface area contributed by atoms with Crippen LogP contribution < -0.4 is 0 Å². The second-order valence-electron chi connectivity index (χ2n) is 3.85. The summed E-state index contributed by atoms with van der Waals surface area (Å²) in [7, 11) is 0. The van der Waals surface area contributed by atoms with E-state index >= 15 is 0 Å². The fourth-order valence-corrected chi connectivity index (χ4v) is 1.89. The summed E-state index contributed by atoms with van der Waals surface area (Å²) in [4.78, 5) is 12.5. The van der Waals surface area contributed by atoms with Crippen LogP contribution in [0, 0.1) is 5.92 Å². The van der Waals surface area contributed by atoms with E-state index in [2.05, 4.69) is 0 Å². The Morgan fingerprint density at radius 1 is 1.24 bits per heavy atom. The van der Waals surface area contributed by atoms with Crippen LogP contribution in [0.5, 0.6) is 0 Å². The molecule has 0 bridgehead atoms. The Balaban J connectivity index is 5.38. The molecule has 5 N–H and O–H groups in total. The van der Waals surface area contributed by atoms with Crippen LogP contribution in [0.4, 0.5) is 0 Å². The smallest absolute Gasteiger partial charge is 0.327 e. The fourth-order valence-electron chi connectivity index (χ4n) is 1.89. The first-order valence-corrected chi connectivity index (χ1v) is 5.46.